The standard InChI is InChI=1S/C23H28N4O/c1-3-4-9-22-26-16(2)21(15-28)27(22)14-17-10-12-18(13-11-17)19-7-5-6-8-20(19)23(24)25/h5-8,10-13,28H,3-4,9,14-15H2,1-2H3,(H3,24,25). The minimum atomic E-state index is -0.00493. The summed E-state index contributed by atoms with van der Waals surface area (Å²) in [6.07, 6.45) is 3.12. The Balaban J connectivity index is 1.89. The average molecular weight is 377 g/mol. The molecule has 0 bridgehead atoms. The number of rotatable bonds is 8. The van der Waals surface area contributed by atoms with Gasteiger partial charge in [-0.15, -0.1) is 0 Å². The zero-order valence-electron chi connectivity index (χ0n) is 16.6. The van der Waals surface area contributed by atoms with Crippen molar-refractivity contribution in [3.63, 3.8) is 0 Å². The molecule has 3 rings (SSSR count). The third kappa shape index (κ3) is 4.15. The fourth-order valence-corrected chi connectivity index (χ4v) is 3.52. The summed E-state index contributed by atoms with van der Waals surface area (Å²) >= 11 is 0. The number of hydrogen-bond donors (Lipinski definition) is 3. The molecule has 0 aliphatic heterocycles. The summed E-state index contributed by atoms with van der Waals surface area (Å²) < 4.78 is 2.14. The van der Waals surface area contributed by atoms with Crippen molar-refractivity contribution >= 4 is 5.84 Å². The first kappa shape index (κ1) is 19.8. The quantitative estimate of drug-likeness (QED) is 0.410. The van der Waals surface area contributed by atoms with E-state index in [0.717, 1.165) is 58.7 Å². The average Bonchev–Trinajstić information content (AvgIpc) is 3.01. The summed E-state index contributed by atoms with van der Waals surface area (Å²) in [5.74, 6) is 1.11. The van der Waals surface area contributed by atoms with Gasteiger partial charge in [-0.25, -0.2) is 4.98 Å². The molecule has 0 fully saturated rings. The summed E-state index contributed by atoms with van der Waals surface area (Å²) in [4.78, 5) is 4.68. The molecule has 0 spiro atoms. The third-order valence-electron chi connectivity index (χ3n) is 5.08. The fourth-order valence-electron chi connectivity index (χ4n) is 3.52. The number of aromatic nitrogens is 2. The monoisotopic (exact) mass is 376 g/mol. The van der Waals surface area contributed by atoms with E-state index in [2.05, 4.69) is 40.7 Å². The second-order valence-corrected chi connectivity index (χ2v) is 7.06. The molecule has 2 aromatic carbocycles. The number of nitrogens with one attached hydrogen (secondary N) is 1. The first-order valence-corrected chi connectivity index (χ1v) is 9.73. The first-order valence-electron chi connectivity index (χ1n) is 9.73. The van der Waals surface area contributed by atoms with Crippen LogP contribution in [0, 0.1) is 12.3 Å². The molecule has 3 aromatic rings. The van der Waals surface area contributed by atoms with Gasteiger partial charge in [-0.05, 0) is 30.0 Å². The lowest BCUT2D eigenvalue weighted by molar-refractivity contribution is 0.270. The molecule has 1 aromatic heterocycles. The predicted octanol–water partition coefficient (Wildman–Crippen LogP) is 4.03. The summed E-state index contributed by atoms with van der Waals surface area (Å²) in [6.45, 7) is 4.81. The Bertz CT molecular complexity index is 957. The molecule has 146 valence electrons. The van der Waals surface area contributed by atoms with E-state index in [0.29, 0.717) is 6.54 Å². The number of unbranched alkanes of at least 4 members (excludes halogenated alkanes) is 1. The maximum absolute atomic E-state index is 9.80. The van der Waals surface area contributed by atoms with E-state index in [-0.39, 0.29) is 12.4 Å². The molecule has 0 amide bonds. The van der Waals surface area contributed by atoms with Crippen LogP contribution in [0.4, 0.5) is 0 Å². The molecule has 0 radical (unpaired) electrons. The normalized spacial score (nSPS) is 11.0. The van der Waals surface area contributed by atoms with Crippen LogP contribution in [0.25, 0.3) is 11.1 Å². The fraction of sp³-hybridized carbons (Fsp3) is 0.304. The molecular formula is C23H28N4O. The number of aryl methyl sites for hydroxylation is 2. The summed E-state index contributed by atoms with van der Waals surface area (Å²) in [5.41, 5.74) is 11.4. The number of nitrogen functional groups attached to an aromatic ring is 1. The molecule has 5 heteroatoms. The van der Waals surface area contributed by atoms with Crippen LogP contribution in [0.1, 0.15) is 48.1 Å². The zero-order valence-corrected chi connectivity index (χ0v) is 16.6. The SMILES string of the molecule is CCCCc1nc(C)c(CO)n1Cc1ccc(-c2ccccc2C(=N)N)cc1. The van der Waals surface area contributed by atoms with E-state index < -0.39 is 0 Å². The number of aliphatic hydroxyl groups excluding tert-OH is 1. The molecule has 0 saturated carbocycles. The van der Waals surface area contributed by atoms with Crippen molar-refractivity contribution in [3.05, 3.63) is 76.9 Å². The van der Waals surface area contributed by atoms with E-state index in [9.17, 15) is 5.11 Å². The van der Waals surface area contributed by atoms with Crippen molar-refractivity contribution in [3.8, 4) is 11.1 Å². The Labute approximate surface area is 166 Å². The van der Waals surface area contributed by atoms with E-state index >= 15 is 0 Å². The molecule has 0 aliphatic carbocycles. The maximum Gasteiger partial charge on any atom is 0.123 e. The highest BCUT2D eigenvalue weighted by atomic mass is 16.3. The number of nitrogens with zero attached hydrogens (tertiary/aromatic N) is 2. The van der Waals surface area contributed by atoms with Gasteiger partial charge < -0.3 is 15.4 Å². The Morgan fingerprint density at radius 3 is 2.50 bits per heavy atom. The van der Waals surface area contributed by atoms with Gasteiger partial charge in [0.25, 0.3) is 0 Å². The van der Waals surface area contributed by atoms with Crippen LogP contribution in [-0.2, 0) is 19.6 Å². The van der Waals surface area contributed by atoms with E-state index in [4.69, 9.17) is 11.1 Å². The van der Waals surface area contributed by atoms with Crippen LogP contribution >= 0.6 is 0 Å². The Morgan fingerprint density at radius 1 is 1.14 bits per heavy atom. The largest absolute Gasteiger partial charge is 0.390 e. The minimum absolute atomic E-state index is 0.00493. The van der Waals surface area contributed by atoms with E-state index in [1.54, 1.807) is 0 Å². The van der Waals surface area contributed by atoms with Crippen LogP contribution in [0.5, 0.6) is 0 Å². The number of imidazole rings is 1. The summed E-state index contributed by atoms with van der Waals surface area (Å²) in [7, 11) is 0. The number of aliphatic hydroxyl groups is 1. The molecular weight excluding hydrogens is 348 g/mol. The highest BCUT2D eigenvalue weighted by Crippen LogP contribution is 2.24. The minimum Gasteiger partial charge on any atom is -0.390 e. The van der Waals surface area contributed by atoms with E-state index in [1.165, 1.54) is 0 Å². The Kier molecular flexibility index (Phi) is 6.26. The van der Waals surface area contributed by atoms with Crippen molar-refractivity contribution < 1.29 is 5.11 Å². The van der Waals surface area contributed by atoms with Crippen molar-refractivity contribution in [2.75, 3.05) is 0 Å². The second kappa shape index (κ2) is 8.85. The lowest BCUT2D eigenvalue weighted by Gasteiger charge is -2.13. The molecule has 28 heavy (non-hydrogen) atoms. The molecule has 0 saturated heterocycles. The molecule has 0 aliphatic rings. The van der Waals surface area contributed by atoms with Gasteiger partial charge in [0.15, 0.2) is 0 Å². The van der Waals surface area contributed by atoms with Gasteiger partial charge in [0.05, 0.1) is 18.0 Å². The molecule has 1 heterocycles. The molecule has 5 nitrogen and oxygen atoms in total. The molecule has 0 unspecified atom stereocenters. The van der Waals surface area contributed by atoms with Gasteiger partial charge in [0, 0.05) is 18.5 Å². The second-order valence-electron chi connectivity index (χ2n) is 7.06. The summed E-state index contributed by atoms with van der Waals surface area (Å²) in [6, 6.07) is 16.0. The van der Waals surface area contributed by atoms with Crippen LogP contribution in [-0.4, -0.2) is 20.5 Å². The van der Waals surface area contributed by atoms with Crippen LogP contribution in [0.15, 0.2) is 48.5 Å². The lowest BCUT2D eigenvalue weighted by atomic mass is 9.98. The third-order valence-corrected chi connectivity index (χ3v) is 5.08. The van der Waals surface area contributed by atoms with Gasteiger partial charge in [-0.3, -0.25) is 5.41 Å². The van der Waals surface area contributed by atoms with Crippen molar-refractivity contribution in [1.82, 2.24) is 9.55 Å². The van der Waals surface area contributed by atoms with Crippen LogP contribution < -0.4 is 5.73 Å². The molecule has 0 atom stereocenters. The number of hydrogen-bond acceptors (Lipinski definition) is 3. The highest BCUT2D eigenvalue weighted by molar-refractivity contribution is 6.01. The number of amidine groups is 1. The number of nitrogens with two attached hydrogens (primary N) is 1. The van der Waals surface area contributed by atoms with Gasteiger partial charge in [-0.2, -0.15) is 0 Å². The van der Waals surface area contributed by atoms with Gasteiger partial charge >= 0.3 is 0 Å². The topological polar surface area (TPSA) is 87.9 Å². The smallest absolute Gasteiger partial charge is 0.123 e. The Morgan fingerprint density at radius 2 is 1.86 bits per heavy atom. The van der Waals surface area contributed by atoms with E-state index in [1.807, 2.05) is 31.2 Å². The van der Waals surface area contributed by atoms with Crippen molar-refractivity contribution in [1.29, 1.82) is 5.41 Å². The molecule has 4 N–H and O–H groups in total. The van der Waals surface area contributed by atoms with Crippen LogP contribution in [0.2, 0.25) is 0 Å². The van der Waals surface area contributed by atoms with Crippen molar-refractivity contribution in [2.24, 2.45) is 5.73 Å². The Hall–Kier alpha value is -2.92. The number of benzene rings is 2. The van der Waals surface area contributed by atoms with Gasteiger partial charge in [-0.1, -0.05) is 61.9 Å². The highest BCUT2D eigenvalue weighted by Gasteiger charge is 2.14. The van der Waals surface area contributed by atoms with Gasteiger partial charge in [0.1, 0.15) is 11.7 Å². The summed E-state index contributed by atoms with van der Waals surface area (Å²) in [5, 5.41) is 17.6. The lowest BCUT2D eigenvalue weighted by Crippen LogP contribution is -2.12. The van der Waals surface area contributed by atoms with Gasteiger partial charge in [0.2, 0.25) is 0 Å². The first-order chi connectivity index (χ1) is 13.5. The zero-order chi connectivity index (χ0) is 20.1. The van der Waals surface area contributed by atoms with Crippen molar-refractivity contribution in [2.45, 2.75) is 46.3 Å². The predicted molar refractivity (Wildman–Crippen MR) is 113 cm³/mol. The maximum atomic E-state index is 9.80. The van der Waals surface area contributed by atoms with Crippen LogP contribution in [0.3, 0.4) is 0 Å².